The van der Waals surface area contributed by atoms with Crippen molar-refractivity contribution in [3.05, 3.63) is 18.2 Å². The molecule has 1 rings (SSSR count). The Hall–Kier alpha value is -1.36. The van der Waals surface area contributed by atoms with Crippen LogP contribution in [0.25, 0.3) is 0 Å². The van der Waals surface area contributed by atoms with Gasteiger partial charge in [0.2, 0.25) is 5.91 Å². The lowest BCUT2D eigenvalue weighted by atomic mass is 9.95. The normalized spacial score (nSPS) is 14.6. The molecule has 0 saturated carbocycles. The third kappa shape index (κ3) is 4.06. The maximum atomic E-state index is 11.5. The van der Waals surface area contributed by atoms with Gasteiger partial charge in [-0.05, 0) is 26.3 Å². The fraction of sp³-hybridized carbons (Fsp3) is 0.714. The highest BCUT2D eigenvalue weighted by Crippen LogP contribution is 2.16. The molecule has 1 atom stereocenters. The standard InChI is InChI=1S/C14H26N4O/c1-5-17-14(4,13(15)19)7-6-9-18-10-8-16-12(18)11(2)3/h8,10-11,17H,5-7,9H2,1-4H3,(H2,15,19). The zero-order valence-electron chi connectivity index (χ0n) is 12.4. The molecule has 1 amide bonds. The first-order valence-electron chi connectivity index (χ1n) is 6.96. The number of rotatable bonds is 8. The van der Waals surface area contributed by atoms with Crippen molar-refractivity contribution in [3.8, 4) is 0 Å². The summed E-state index contributed by atoms with van der Waals surface area (Å²) in [7, 11) is 0. The summed E-state index contributed by atoms with van der Waals surface area (Å²) in [6.45, 7) is 9.71. The number of nitrogens with zero attached hydrogens (tertiary/aromatic N) is 2. The molecule has 3 N–H and O–H groups in total. The number of carbonyl (C=O) groups excluding carboxylic acids is 1. The van der Waals surface area contributed by atoms with Crippen LogP contribution in [0.5, 0.6) is 0 Å². The number of amides is 1. The molecule has 0 aliphatic heterocycles. The van der Waals surface area contributed by atoms with Gasteiger partial charge in [-0.3, -0.25) is 4.79 Å². The Morgan fingerprint density at radius 1 is 1.58 bits per heavy atom. The van der Waals surface area contributed by atoms with Gasteiger partial charge in [-0.1, -0.05) is 20.8 Å². The minimum absolute atomic E-state index is 0.288. The van der Waals surface area contributed by atoms with Gasteiger partial charge in [-0.2, -0.15) is 0 Å². The molecular weight excluding hydrogens is 240 g/mol. The van der Waals surface area contributed by atoms with Crippen molar-refractivity contribution in [2.75, 3.05) is 6.54 Å². The molecule has 0 spiro atoms. The Bertz CT molecular complexity index is 413. The van der Waals surface area contributed by atoms with Gasteiger partial charge >= 0.3 is 0 Å². The molecule has 0 fully saturated rings. The molecule has 0 radical (unpaired) electrons. The summed E-state index contributed by atoms with van der Waals surface area (Å²) in [4.78, 5) is 15.9. The number of imidazole rings is 1. The predicted molar refractivity (Wildman–Crippen MR) is 76.8 cm³/mol. The lowest BCUT2D eigenvalue weighted by Crippen LogP contribution is -2.53. The van der Waals surface area contributed by atoms with E-state index in [2.05, 4.69) is 28.7 Å². The Balaban J connectivity index is 2.57. The van der Waals surface area contributed by atoms with Crippen molar-refractivity contribution in [2.45, 2.75) is 58.5 Å². The number of likely N-dealkylation sites (N-methyl/N-ethyl adjacent to an activating group) is 1. The molecular formula is C14H26N4O. The lowest BCUT2D eigenvalue weighted by Gasteiger charge is -2.27. The van der Waals surface area contributed by atoms with Crippen LogP contribution in [0.4, 0.5) is 0 Å². The molecule has 0 aliphatic carbocycles. The second-order valence-electron chi connectivity index (χ2n) is 5.46. The fourth-order valence-corrected chi connectivity index (χ4v) is 2.30. The minimum Gasteiger partial charge on any atom is -0.368 e. The van der Waals surface area contributed by atoms with E-state index in [1.54, 1.807) is 0 Å². The van der Waals surface area contributed by atoms with Gasteiger partial charge < -0.3 is 15.6 Å². The van der Waals surface area contributed by atoms with Crippen LogP contribution in [-0.4, -0.2) is 27.5 Å². The number of hydrogen-bond acceptors (Lipinski definition) is 3. The van der Waals surface area contributed by atoms with Crippen molar-refractivity contribution >= 4 is 5.91 Å². The highest BCUT2D eigenvalue weighted by atomic mass is 16.1. The topological polar surface area (TPSA) is 72.9 Å². The van der Waals surface area contributed by atoms with Crippen LogP contribution in [0.1, 0.15) is 52.3 Å². The van der Waals surface area contributed by atoms with E-state index in [0.29, 0.717) is 5.92 Å². The molecule has 1 heterocycles. The Morgan fingerprint density at radius 2 is 2.26 bits per heavy atom. The number of nitrogens with two attached hydrogens (primary N) is 1. The summed E-state index contributed by atoms with van der Waals surface area (Å²) in [6.07, 6.45) is 5.44. The van der Waals surface area contributed by atoms with Crippen LogP contribution < -0.4 is 11.1 Å². The van der Waals surface area contributed by atoms with Crippen molar-refractivity contribution in [2.24, 2.45) is 5.73 Å². The van der Waals surface area contributed by atoms with E-state index < -0.39 is 5.54 Å². The monoisotopic (exact) mass is 266 g/mol. The average Bonchev–Trinajstić information content (AvgIpc) is 2.77. The average molecular weight is 266 g/mol. The van der Waals surface area contributed by atoms with Gasteiger partial charge in [-0.25, -0.2) is 4.98 Å². The minimum atomic E-state index is -0.618. The number of hydrogen-bond donors (Lipinski definition) is 2. The van der Waals surface area contributed by atoms with Gasteiger partial charge in [0.05, 0.1) is 5.54 Å². The quantitative estimate of drug-likeness (QED) is 0.751. The maximum Gasteiger partial charge on any atom is 0.237 e. The van der Waals surface area contributed by atoms with Gasteiger partial charge in [0, 0.05) is 24.9 Å². The zero-order valence-corrected chi connectivity index (χ0v) is 12.4. The summed E-state index contributed by atoms with van der Waals surface area (Å²) >= 11 is 0. The van der Waals surface area contributed by atoms with E-state index in [1.165, 1.54) is 0 Å². The first-order valence-corrected chi connectivity index (χ1v) is 6.96. The summed E-state index contributed by atoms with van der Waals surface area (Å²) < 4.78 is 2.15. The Kier molecular flexibility index (Phi) is 5.54. The van der Waals surface area contributed by atoms with Crippen LogP contribution in [0.2, 0.25) is 0 Å². The third-order valence-corrected chi connectivity index (χ3v) is 3.45. The maximum absolute atomic E-state index is 11.5. The second-order valence-corrected chi connectivity index (χ2v) is 5.46. The van der Waals surface area contributed by atoms with Crippen LogP contribution in [-0.2, 0) is 11.3 Å². The number of nitrogens with one attached hydrogen (secondary N) is 1. The molecule has 1 unspecified atom stereocenters. The van der Waals surface area contributed by atoms with Crippen LogP contribution in [0.15, 0.2) is 12.4 Å². The predicted octanol–water partition coefficient (Wildman–Crippen LogP) is 1.64. The molecule has 5 heteroatoms. The zero-order chi connectivity index (χ0) is 14.5. The molecule has 0 aliphatic rings. The van der Waals surface area contributed by atoms with Crippen molar-refractivity contribution in [1.29, 1.82) is 0 Å². The first-order chi connectivity index (χ1) is 8.90. The number of aryl methyl sites for hydroxylation is 1. The summed E-state index contributed by atoms with van der Waals surface area (Å²) in [5.41, 5.74) is 4.86. The molecule has 5 nitrogen and oxygen atoms in total. The Labute approximate surface area is 115 Å². The summed E-state index contributed by atoms with van der Waals surface area (Å²) in [5.74, 6) is 1.21. The van der Waals surface area contributed by atoms with E-state index in [-0.39, 0.29) is 5.91 Å². The first kappa shape index (κ1) is 15.7. The number of aromatic nitrogens is 2. The van der Waals surface area contributed by atoms with Crippen LogP contribution in [0, 0.1) is 0 Å². The van der Waals surface area contributed by atoms with Crippen molar-refractivity contribution in [3.63, 3.8) is 0 Å². The smallest absolute Gasteiger partial charge is 0.237 e. The molecule has 0 saturated heterocycles. The molecule has 19 heavy (non-hydrogen) atoms. The van der Waals surface area contributed by atoms with Crippen molar-refractivity contribution in [1.82, 2.24) is 14.9 Å². The lowest BCUT2D eigenvalue weighted by molar-refractivity contribution is -0.124. The van der Waals surface area contributed by atoms with Crippen LogP contribution in [0.3, 0.4) is 0 Å². The molecule has 1 aromatic rings. The van der Waals surface area contributed by atoms with E-state index in [1.807, 2.05) is 26.2 Å². The molecule has 0 bridgehead atoms. The largest absolute Gasteiger partial charge is 0.368 e. The van der Waals surface area contributed by atoms with Gasteiger partial charge in [0.1, 0.15) is 5.82 Å². The Morgan fingerprint density at radius 3 is 2.79 bits per heavy atom. The highest BCUT2D eigenvalue weighted by molar-refractivity contribution is 5.84. The van der Waals surface area contributed by atoms with Crippen LogP contribution >= 0.6 is 0 Å². The second kappa shape index (κ2) is 6.70. The summed E-state index contributed by atoms with van der Waals surface area (Å²) in [6, 6.07) is 0. The van der Waals surface area contributed by atoms with Gasteiger partial charge in [0.15, 0.2) is 0 Å². The van der Waals surface area contributed by atoms with E-state index >= 15 is 0 Å². The van der Waals surface area contributed by atoms with E-state index in [0.717, 1.165) is 31.8 Å². The van der Waals surface area contributed by atoms with E-state index in [4.69, 9.17) is 5.73 Å². The van der Waals surface area contributed by atoms with Gasteiger partial charge in [-0.15, -0.1) is 0 Å². The van der Waals surface area contributed by atoms with E-state index in [9.17, 15) is 4.79 Å². The summed E-state index contributed by atoms with van der Waals surface area (Å²) in [5, 5.41) is 3.18. The third-order valence-electron chi connectivity index (χ3n) is 3.45. The molecule has 108 valence electrons. The van der Waals surface area contributed by atoms with Crippen molar-refractivity contribution < 1.29 is 4.79 Å². The highest BCUT2D eigenvalue weighted by Gasteiger charge is 2.29. The van der Waals surface area contributed by atoms with Gasteiger partial charge in [0.25, 0.3) is 0 Å². The molecule has 0 aromatic carbocycles. The fourth-order valence-electron chi connectivity index (χ4n) is 2.30. The number of carbonyl (C=O) groups is 1. The number of primary amides is 1. The molecule has 1 aromatic heterocycles. The SMILES string of the molecule is CCNC(C)(CCCn1ccnc1C(C)C)C(N)=O.